The van der Waals surface area contributed by atoms with Gasteiger partial charge in [0.15, 0.2) is 0 Å². The number of likely N-dealkylation sites (tertiary alicyclic amines) is 1. The Hall–Kier alpha value is -0.300. The van der Waals surface area contributed by atoms with Crippen LogP contribution in [0.2, 0.25) is 0 Å². The fourth-order valence-corrected chi connectivity index (χ4v) is 2.45. The van der Waals surface area contributed by atoms with Crippen LogP contribution in [0.15, 0.2) is 11.6 Å². The summed E-state index contributed by atoms with van der Waals surface area (Å²) in [6.45, 7) is 8.43. The third-order valence-corrected chi connectivity index (χ3v) is 3.47. The molecule has 0 unspecified atom stereocenters. The molecule has 0 radical (unpaired) electrons. The minimum absolute atomic E-state index is 1.22. The van der Waals surface area contributed by atoms with Gasteiger partial charge in [-0.1, -0.05) is 44.3 Å². The van der Waals surface area contributed by atoms with Gasteiger partial charge in [-0.2, -0.15) is 0 Å². The van der Waals surface area contributed by atoms with Crippen molar-refractivity contribution in [2.75, 3.05) is 19.6 Å². The summed E-state index contributed by atoms with van der Waals surface area (Å²) in [6.07, 6.45) is 13.5. The highest BCUT2D eigenvalue weighted by molar-refractivity contribution is 5.00. The van der Waals surface area contributed by atoms with Crippen LogP contribution in [0.3, 0.4) is 0 Å². The van der Waals surface area contributed by atoms with Crippen LogP contribution < -0.4 is 0 Å². The molecule has 0 atom stereocenters. The lowest BCUT2D eigenvalue weighted by atomic mass is 10.1. The molecule has 1 rings (SSSR count). The summed E-state index contributed by atoms with van der Waals surface area (Å²) in [5.74, 6) is 0. The van der Waals surface area contributed by atoms with Gasteiger partial charge in [-0.3, -0.25) is 4.90 Å². The number of hydrogen-bond donors (Lipinski definition) is 0. The molecule has 0 saturated carbocycles. The third kappa shape index (κ3) is 6.32. The van der Waals surface area contributed by atoms with Crippen LogP contribution in [0.25, 0.3) is 0 Å². The second-order valence-electron chi connectivity index (χ2n) is 5.24. The van der Waals surface area contributed by atoms with Gasteiger partial charge in [0.2, 0.25) is 0 Å². The Morgan fingerprint density at radius 3 is 2.50 bits per heavy atom. The van der Waals surface area contributed by atoms with Gasteiger partial charge < -0.3 is 0 Å². The quantitative estimate of drug-likeness (QED) is 0.457. The fourth-order valence-electron chi connectivity index (χ4n) is 2.45. The second kappa shape index (κ2) is 8.81. The molecule has 16 heavy (non-hydrogen) atoms. The second-order valence-corrected chi connectivity index (χ2v) is 5.24. The summed E-state index contributed by atoms with van der Waals surface area (Å²) in [5, 5.41) is 0. The van der Waals surface area contributed by atoms with Gasteiger partial charge in [0.1, 0.15) is 0 Å². The number of piperidine rings is 1. The number of nitrogens with zero attached hydrogens (tertiary/aromatic N) is 1. The number of allylic oxidation sites excluding steroid dienone is 1. The van der Waals surface area contributed by atoms with E-state index in [1.807, 2.05) is 0 Å². The van der Waals surface area contributed by atoms with E-state index in [-0.39, 0.29) is 0 Å². The maximum atomic E-state index is 2.61. The van der Waals surface area contributed by atoms with E-state index < -0.39 is 0 Å². The average Bonchev–Trinajstić information content (AvgIpc) is 2.30. The minimum Gasteiger partial charge on any atom is -0.299 e. The van der Waals surface area contributed by atoms with E-state index in [0.717, 1.165) is 0 Å². The van der Waals surface area contributed by atoms with Gasteiger partial charge in [-0.25, -0.2) is 0 Å². The van der Waals surface area contributed by atoms with Crippen LogP contribution >= 0.6 is 0 Å². The molecule has 0 aromatic rings. The van der Waals surface area contributed by atoms with E-state index in [9.17, 15) is 0 Å². The summed E-state index contributed by atoms with van der Waals surface area (Å²) in [7, 11) is 0. The third-order valence-electron chi connectivity index (χ3n) is 3.47. The summed E-state index contributed by atoms with van der Waals surface area (Å²) < 4.78 is 0. The van der Waals surface area contributed by atoms with Crippen molar-refractivity contribution in [3.8, 4) is 0 Å². The molecule has 0 N–H and O–H groups in total. The number of rotatable bonds is 7. The number of hydrogen-bond acceptors (Lipinski definition) is 1. The Balaban J connectivity index is 2.07. The van der Waals surface area contributed by atoms with Gasteiger partial charge in [0.05, 0.1) is 0 Å². The van der Waals surface area contributed by atoms with Crippen LogP contribution in [0.4, 0.5) is 0 Å². The molecule has 1 nitrogen and oxygen atoms in total. The van der Waals surface area contributed by atoms with Crippen LogP contribution in [0.1, 0.15) is 65.2 Å². The van der Waals surface area contributed by atoms with Crippen LogP contribution in [0.5, 0.6) is 0 Å². The molecule has 94 valence electrons. The molecule has 1 fully saturated rings. The largest absolute Gasteiger partial charge is 0.299 e. The molecule has 0 amide bonds. The van der Waals surface area contributed by atoms with Gasteiger partial charge in [-0.15, -0.1) is 0 Å². The molecule has 1 heterocycles. The van der Waals surface area contributed by atoms with E-state index in [4.69, 9.17) is 0 Å². The van der Waals surface area contributed by atoms with E-state index >= 15 is 0 Å². The highest BCUT2D eigenvalue weighted by atomic mass is 15.1. The lowest BCUT2D eigenvalue weighted by molar-refractivity contribution is 0.246. The molecular formula is C15H29N. The predicted molar refractivity (Wildman–Crippen MR) is 72.8 cm³/mol. The maximum absolute atomic E-state index is 2.61. The Morgan fingerprint density at radius 2 is 1.81 bits per heavy atom. The summed E-state index contributed by atoms with van der Waals surface area (Å²) in [6, 6.07) is 0. The zero-order valence-electron chi connectivity index (χ0n) is 11.3. The molecule has 0 bridgehead atoms. The van der Waals surface area contributed by atoms with Gasteiger partial charge >= 0.3 is 0 Å². The van der Waals surface area contributed by atoms with Crippen molar-refractivity contribution in [1.82, 2.24) is 4.90 Å². The van der Waals surface area contributed by atoms with Crippen LogP contribution in [-0.4, -0.2) is 24.5 Å². The molecule has 1 aliphatic heterocycles. The van der Waals surface area contributed by atoms with E-state index in [0.29, 0.717) is 0 Å². The van der Waals surface area contributed by atoms with Crippen molar-refractivity contribution in [2.45, 2.75) is 65.2 Å². The van der Waals surface area contributed by atoms with Crippen molar-refractivity contribution >= 4 is 0 Å². The maximum Gasteiger partial charge on any atom is 0.0190 e. The number of unbranched alkanes of at least 4 members (excludes halogenated alkanes) is 4. The van der Waals surface area contributed by atoms with Crippen molar-refractivity contribution in [2.24, 2.45) is 0 Å². The molecule has 0 spiro atoms. The Morgan fingerprint density at radius 1 is 1.06 bits per heavy atom. The SMILES string of the molecule is CCCCCC/C=C(\C)CN1CCCCC1. The van der Waals surface area contributed by atoms with E-state index in [1.165, 1.54) is 71.0 Å². The average molecular weight is 223 g/mol. The first-order valence-corrected chi connectivity index (χ1v) is 7.21. The summed E-state index contributed by atoms with van der Waals surface area (Å²) in [5.41, 5.74) is 1.58. The molecule has 0 aromatic heterocycles. The molecule has 1 heteroatoms. The Labute approximate surface area is 102 Å². The van der Waals surface area contributed by atoms with Gasteiger partial charge in [0.25, 0.3) is 0 Å². The highest BCUT2D eigenvalue weighted by Gasteiger charge is 2.09. The monoisotopic (exact) mass is 223 g/mol. The highest BCUT2D eigenvalue weighted by Crippen LogP contribution is 2.11. The summed E-state index contributed by atoms with van der Waals surface area (Å²) >= 11 is 0. The van der Waals surface area contributed by atoms with Gasteiger partial charge in [0, 0.05) is 6.54 Å². The smallest absolute Gasteiger partial charge is 0.0190 e. The Kier molecular flexibility index (Phi) is 7.58. The molecule has 0 aliphatic carbocycles. The topological polar surface area (TPSA) is 3.24 Å². The normalized spacial score (nSPS) is 19.0. The van der Waals surface area contributed by atoms with E-state index in [2.05, 4.69) is 24.8 Å². The Bertz CT molecular complexity index is 190. The lowest BCUT2D eigenvalue weighted by Gasteiger charge is -2.26. The zero-order chi connectivity index (χ0) is 11.6. The van der Waals surface area contributed by atoms with Crippen molar-refractivity contribution in [1.29, 1.82) is 0 Å². The van der Waals surface area contributed by atoms with Crippen molar-refractivity contribution in [3.63, 3.8) is 0 Å². The zero-order valence-corrected chi connectivity index (χ0v) is 11.3. The molecule has 0 aromatic carbocycles. The minimum atomic E-state index is 1.22. The van der Waals surface area contributed by atoms with Gasteiger partial charge in [-0.05, 0) is 45.7 Å². The van der Waals surface area contributed by atoms with E-state index in [1.54, 1.807) is 5.57 Å². The first kappa shape index (κ1) is 13.8. The first-order chi connectivity index (χ1) is 7.83. The molecule has 1 aliphatic rings. The van der Waals surface area contributed by atoms with Crippen molar-refractivity contribution < 1.29 is 0 Å². The molecular weight excluding hydrogens is 194 g/mol. The standard InChI is InChI=1S/C15H29N/c1-3-4-5-6-8-11-15(2)14-16-12-9-7-10-13-16/h11H,3-10,12-14H2,1-2H3/b15-11+. The van der Waals surface area contributed by atoms with Crippen LogP contribution in [-0.2, 0) is 0 Å². The first-order valence-electron chi connectivity index (χ1n) is 7.21. The predicted octanol–water partition coefficient (Wildman–Crippen LogP) is 4.39. The summed E-state index contributed by atoms with van der Waals surface area (Å²) in [4.78, 5) is 2.61. The lowest BCUT2D eigenvalue weighted by Crippen LogP contribution is -2.31. The molecule has 1 saturated heterocycles. The fraction of sp³-hybridized carbons (Fsp3) is 0.867. The van der Waals surface area contributed by atoms with Crippen LogP contribution in [0, 0.1) is 0 Å². The van der Waals surface area contributed by atoms with Crippen molar-refractivity contribution in [3.05, 3.63) is 11.6 Å².